The molecule has 0 aromatic heterocycles. The number of benzene rings is 1. The fourth-order valence-electron chi connectivity index (χ4n) is 3.70. The Morgan fingerprint density at radius 3 is 2.44 bits per heavy atom. The zero-order chi connectivity index (χ0) is 23.3. The molecule has 0 radical (unpaired) electrons. The molecule has 1 aromatic carbocycles. The maximum atomic E-state index is 12.4. The highest BCUT2D eigenvalue weighted by atomic mass is 16.6. The molecule has 0 spiro atoms. The topological polar surface area (TPSA) is 111 Å². The smallest absolute Gasteiger partial charge is 0.410 e. The molecule has 1 saturated heterocycles. The van der Waals surface area contributed by atoms with E-state index in [9.17, 15) is 14.4 Å². The van der Waals surface area contributed by atoms with Gasteiger partial charge < -0.3 is 25.4 Å². The number of para-hydroxylation sites is 2. The van der Waals surface area contributed by atoms with Crippen LogP contribution in [0, 0.1) is 5.92 Å². The fourth-order valence-corrected chi connectivity index (χ4v) is 3.70. The van der Waals surface area contributed by atoms with Crippen LogP contribution in [0.3, 0.4) is 0 Å². The minimum absolute atomic E-state index is 0.0266. The van der Waals surface area contributed by atoms with Crippen molar-refractivity contribution >= 4 is 29.3 Å². The van der Waals surface area contributed by atoms with Crippen molar-refractivity contribution in [3.63, 3.8) is 0 Å². The van der Waals surface area contributed by atoms with Crippen LogP contribution in [0.5, 0.6) is 0 Å². The Morgan fingerprint density at radius 1 is 1.16 bits per heavy atom. The van der Waals surface area contributed by atoms with Crippen molar-refractivity contribution in [1.29, 1.82) is 0 Å². The fraction of sp³-hybridized carbons (Fsp3) is 0.522. The molecule has 3 amide bonds. The molecule has 32 heavy (non-hydrogen) atoms. The number of nitrogens with one attached hydrogen (secondary N) is 2. The Morgan fingerprint density at radius 2 is 1.81 bits per heavy atom. The lowest BCUT2D eigenvalue weighted by Gasteiger charge is -2.33. The molecule has 1 aromatic rings. The Labute approximate surface area is 188 Å². The molecular formula is C23H32N4O5. The molecule has 0 atom stereocenters. The molecule has 2 aliphatic heterocycles. The average molecular weight is 445 g/mol. The van der Waals surface area contributed by atoms with Gasteiger partial charge in [0.2, 0.25) is 0 Å². The van der Waals surface area contributed by atoms with Crippen molar-refractivity contribution in [3.8, 4) is 0 Å². The van der Waals surface area contributed by atoms with E-state index in [1.165, 1.54) is 6.08 Å². The first kappa shape index (κ1) is 23.6. The Kier molecular flexibility index (Phi) is 7.40. The van der Waals surface area contributed by atoms with Crippen molar-refractivity contribution in [3.05, 3.63) is 36.0 Å². The average Bonchev–Trinajstić information content (AvgIpc) is 3.00. The number of carbonyl (C=O) groups excluding carboxylic acids is 3. The first-order valence-corrected chi connectivity index (χ1v) is 10.9. The number of anilines is 2. The summed E-state index contributed by atoms with van der Waals surface area (Å²) in [5, 5.41) is 15.5. The van der Waals surface area contributed by atoms with Crippen LogP contribution in [-0.4, -0.2) is 71.2 Å². The lowest BCUT2D eigenvalue weighted by Crippen LogP contribution is -2.42. The summed E-state index contributed by atoms with van der Waals surface area (Å²) in [7, 11) is 0. The number of amides is 3. The van der Waals surface area contributed by atoms with Crippen LogP contribution < -0.4 is 10.6 Å². The quantitative estimate of drug-likeness (QED) is 0.554. The molecule has 9 heteroatoms. The molecule has 174 valence electrons. The van der Waals surface area contributed by atoms with E-state index < -0.39 is 17.4 Å². The zero-order valence-electron chi connectivity index (χ0n) is 18.9. The van der Waals surface area contributed by atoms with Crippen molar-refractivity contribution in [2.45, 2.75) is 39.2 Å². The first-order valence-electron chi connectivity index (χ1n) is 10.9. The third-order valence-corrected chi connectivity index (χ3v) is 5.38. The molecule has 0 bridgehead atoms. The van der Waals surface area contributed by atoms with Gasteiger partial charge in [0.1, 0.15) is 11.3 Å². The number of aliphatic hydroxyl groups excluding tert-OH is 1. The lowest BCUT2D eigenvalue weighted by atomic mass is 9.97. The number of aliphatic hydroxyl groups is 1. The Hall–Kier alpha value is -3.07. The molecular weight excluding hydrogens is 412 g/mol. The minimum atomic E-state index is -0.498. The number of nitrogens with zero attached hydrogens (tertiary/aromatic N) is 2. The van der Waals surface area contributed by atoms with Crippen LogP contribution in [0.1, 0.15) is 33.6 Å². The number of hydrogen-bond donors (Lipinski definition) is 3. The lowest BCUT2D eigenvalue weighted by molar-refractivity contribution is -0.137. The summed E-state index contributed by atoms with van der Waals surface area (Å²) in [5.41, 5.74) is 1.20. The highest BCUT2D eigenvalue weighted by molar-refractivity contribution is 6.17. The number of β-amino-alcohol motifs (C(OH)–C–C–N with tert-alkyl or cyclic N) is 1. The van der Waals surface area contributed by atoms with Gasteiger partial charge in [0, 0.05) is 25.7 Å². The van der Waals surface area contributed by atoms with E-state index in [-0.39, 0.29) is 24.9 Å². The maximum absolute atomic E-state index is 12.4. The summed E-state index contributed by atoms with van der Waals surface area (Å²) in [6, 6.07) is 7.49. The summed E-state index contributed by atoms with van der Waals surface area (Å²) in [5.74, 6) is -0.488. The predicted octanol–water partition coefficient (Wildman–Crippen LogP) is 2.40. The number of imide groups is 1. The molecule has 0 aliphatic carbocycles. The molecule has 0 saturated carbocycles. The van der Waals surface area contributed by atoms with Crippen molar-refractivity contribution in [2.75, 3.05) is 43.4 Å². The van der Waals surface area contributed by atoms with E-state index in [0.717, 1.165) is 30.0 Å². The normalized spacial score (nSPS) is 17.4. The van der Waals surface area contributed by atoms with Gasteiger partial charge in [0.15, 0.2) is 0 Å². The molecule has 3 rings (SSSR count). The van der Waals surface area contributed by atoms with Gasteiger partial charge in [-0.3, -0.25) is 14.5 Å². The predicted molar refractivity (Wildman–Crippen MR) is 121 cm³/mol. The van der Waals surface area contributed by atoms with Crippen molar-refractivity contribution < 1.29 is 24.2 Å². The maximum Gasteiger partial charge on any atom is 0.410 e. The molecule has 9 nitrogen and oxygen atoms in total. The summed E-state index contributed by atoms with van der Waals surface area (Å²) in [6.45, 7) is 7.33. The van der Waals surface area contributed by atoms with E-state index in [1.54, 1.807) is 4.90 Å². The zero-order valence-corrected chi connectivity index (χ0v) is 18.9. The minimum Gasteiger partial charge on any atom is -0.444 e. The van der Waals surface area contributed by atoms with E-state index >= 15 is 0 Å². The Bertz CT molecular complexity index is 885. The number of ether oxygens (including phenoxy) is 1. The third-order valence-electron chi connectivity index (χ3n) is 5.38. The summed E-state index contributed by atoms with van der Waals surface area (Å²) >= 11 is 0. The van der Waals surface area contributed by atoms with Gasteiger partial charge in [0.05, 0.1) is 24.5 Å². The molecule has 0 unspecified atom stereocenters. The second-order valence-corrected chi connectivity index (χ2v) is 9.04. The second-order valence-electron chi connectivity index (χ2n) is 9.04. The number of rotatable bonds is 7. The van der Waals surface area contributed by atoms with E-state index in [1.807, 2.05) is 45.0 Å². The van der Waals surface area contributed by atoms with Gasteiger partial charge in [-0.15, -0.1) is 0 Å². The number of likely N-dealkylation sites (tertiary alicyclic amines) is 1. The van der Waals surface area contributed by atoms with Gasteiger partial charge in [0.25, 0.3) is 11.8 Å². The monoisotopic (exact) mass is 444 g/mol. The number of carbonyl (C=O) groups is 3. The number of piperidine rings is 1. The summed E-state index contributed by atoms with van der Waals surface area (Å²) < 4.78 is 5.45. The van der Waals surface area contributed by atoms with Crippen molar-refractivity contribution in [2.24, 2.45) is 5.92 Å². The summed E-state index contributed by atoms with van der Waals surface area (Å²) in [6.07, 6.45) is 2.73. The van der Waals surface area contributed by atoms with Crippen LogP contribution in [0.25, 0.3) is 0 Å². The second kappa shape index (κ2) is 10.0. The van der Waals surface area contributed by atoms with Gasteiger partial charge >= 0.3 is 6.09 Å². The van der Waals surface area contributed by atoms with Gasteiger partial charge in [-0.25, -0.2) is 4.79 Å². The van der Waals surface area contributed by atoms with Crippen LogP contribution in [-0.2, 0) is 14.3 Å². The van der Waals surface area contributed by atoms with Crippen LogP contribution in [0.4, 0.5) is 16.2 Å². The summed E-state index contributed by atoms with van der Waals surface area (Å²) in [4.78, 5) is 39.4. The third kappa shape index (κ3) is 6.00. The largest absolute Gasteiger partial charge is 0.444 e. The molecule has 2 aliphatic rings. The van der Waals surface area contributed by atoms with Gasteiger partial charge in [-0.1, -0.05) is 12.1 Å². The van der Waals surface area contributed by atoms with Gasteiger partial charge in [-0.05, 0) is 51.7 Å². The Balaban J connectivity index is 1.53. The number of hydrogen-bond acceptors (Lipinski definition) is 7. The molecule has 1 fully saturated rings. The first-order chi connectivity index (χ1) is 15.2. The standard InChI is InChI=1S/C23H32N4O5/c1-23(2,3)32-22(31)26-10-8-16(9-11-26)15-24-17-6-4-5-7-18(17)25-19-14-20(29)27(12-13-28)21(19)30/h4-7,14,16,24-25,28H,8-13,15H2,1-3H3. The molecule has 2 heterocycles. The SMILES string of the molecule is CC(C)(C)OC(=O)N1CCC(CNc2ccccc2NC2=CC(=O)N(CCO)C2=O)CC1. The van der Waals surface area contributed by atoms with E-state index in [4.69, 9.17) is 9.84 Å². The molecule has 3 N–H and O–H groups in total. The van der Waals surface area contributed by atoms with E-state index in [2.05, 4.69) is 10.6 Å². The highest BCUT2D eigenvalue weighted by Crippen LogP contribution is 2.26. The van der Waals surface area contributed by atoms with Crippen LogP contribution >= 0.6 is 0 Å². The van der Waals surface area contributed by atoms with Crippen LogP contribution in [0.2, 0.25) is 0 Å². The highest BCUT2D eigenvalue weighted by Gasteiger charge is 2.31. The van der Waals surface area contributed by atoms with Crippen LogP contribution in [0.15, 0.2) is 36.0 Å². The van der Waals surface area contributed by atoms with Crippen molar-refractivity contribution in [1.82, 2.24) is 9.80 Å². The van der Waals surface area contributed by atoms with E-state index in [0.29, 0.717) is 24.7 Å². The van der Waals surface area contributed by atoms with Gasteiger partial charge in [-0.2, -0.15) is 0 Å².